The van der Waals surface area contributed by atoms with Crippen LogP contribution < -0.4 is 10.6 Å². The van der Waals surface area contributed by atoms with Crippen LogP contribution in [0.15, 0.2) is 54.6 Å². The van der Waals surface area contributed by atoms with Gasteiger partial charge in [0, 0.05) is 12.7 Å². The highest BCUT2D eigenvalue weighted by atomic mass is 19.4. The molecule has 1 aliphatic heterocycles. The van der Waals surface area contributed by atoms with E-state index in [0.717, 1.165) is 11.6 Å². The summed E-state index contributed by atoms with van der Waals surface area (Å²) in [7, 11) is 1.49. The molecule has 0 bridgehead atoms. The van der Waals surface area contributed by atoms with Crippen molar-refractivity contribution in [3.63, 3.8) is 0 Å². The fourth-order valence-electron chi connectivity index (χ4n) is 3.68. The van der Waals surface area contributed by atoms with Gasteiger partial charge in [0.15, 0.2) is 0 Å². The molecule has 1 aliphatic rings. The number of anilines is 2. The number of hydrogen-bond acceptors (Lipinski definition) is 4. The summed E-state index contributed by atoms with van der Waals surface area (Å²) >= 11 is 0. The van der Waals surface area contributed by atoms with Gasteiger partial charge in [0.1, 0.15) is 11.9 Å². The Morgan fingerprint density at radius 1 is 1.19 bits per heavy atom. The van der Waals surface area contributed by atoms with Crippen LogP contribution in [0.4, 0.5) is 24.7 Å². The summed E-state index contributed by atoms with van der Waals surface area (Å²) < 4.78 is 46.5. The Balaban J connectivity index is 1.75. The molecule has 2 aromatic carbocycles. The van der Waals surface area contributed by atoms with Crippen LogP contribution in [0.25, 0.3) is 11.1 Å². The monoisotopic (exact) mass is 444 g/mol. The van der Waals surface area contributed by atoms with Crippen molar-refractivity contribution in [1.82, 2.24) is 9.78 Å². The molecule has 0 radical (unpaired) electrons. The minimum absolute atomic E-state index is 0.116. The average Bonchev–Trinajstić information content (AvgIpc) is 3.11. The molecule has 32 heavy (non-hydrogen) atoms. The Labute approximate surface area is 181 Å². The molecule has 0 aliphatic carbocycles. The molecule has 166 valence electrons. The van der Waals surface area contributed by atoms with Crippen LogP contribution in [0.3, 0.4) is 0 Å². The first-order chi connectivity index (χ1) is 15.3. The zero-order chi connectivity index (χ0) is 22.9. The Morgan fingerprint density at radius 2 is 1.88 bits per heavy atom. The van der Waals surface area contributed by atoms with Gasteiger partial charge in [-0.3, -0.25) is 9.59 Å². The van der Waals surface area contributed by atoms with Crippen LogP contribution in [-0.2, 0) is 27.1 Å². The van der Waals surface area contributed by atoms with Crippen molar-refractivity contribution >= 4 is 23.3 Å². The van der Waals surface area contributed by atoms with Gasteiger partial charge in [-0.1, -0.05) is 42.5 Å². The van der Waals surface area contributed by atoms with Gasteiger partial charge in [-0.15, -0.1) is 0 Å². The van der Waals surface area contributed by atoms with E-state index in [9.17, 15) is 22.8 Å². The van der Waals surface area contributed by atoms with E-state index in [-0.39, 0.29) is 18.7 Å². The van der Waals surface area contributed by atoms with Crippen molar-refractivity contribution in [2.75, 3.05) is 17.7 Å². The first kappa shape index (κ1) is 21.6. The van der Waals surface area contributed by atoms with Crippen LogP contribution in [0, 0.1) is 0 Å². The van der Waals surface area contributed by atoms with Gasteiger partial charge in [-0.05, 0) is 17.7 Å². The maximum Gasteiger partial charge on any atom is 0.418 e. The lowest BCUT2D eigenvalue weighted by molar-refractivity contribution is -0.137. The second-order valence-electron chi connectivity index (χ2n) is 7.21. The van der Waals surface area contributed by atoms with Crippen molar-refractivity contribution in [3.8, 4) is 11.1 Å². The zero-order valence-corrected chi connectivity index (χ0v) is 16.9. The van der Waals surface area contributed by atoms with Crippen LogP contribution in [0.1, 0.15) is 23.7 Å². The predicted octanol–water partition coefficient (Wildman–Crippen LogP) is 4.24. The van der Waals surface area contributed by atoms with E-state index in [1.807, 2.05) is 30.3 Å². The number of rotatable bonds is 5. The minimum atomic E-state index is -4.64. The Kier molecular flexibility index (Phi) is 5.70. The summed E-state index contributed by atoms with van der Waals surface area (Å²) in [5.74, 6) is -0.921. The van der Waals surface area contributed by atoms with E-state index >= 15 is 0 Å². The predicted molar refractivity (Wildman–Crippen MR) is 111 cm³/mol. The molecule has 2 heterocycles. The molecule has 0 saturated heterocycles. The van der Waals surface area contributed by atoms with E-state index in [0.29, 0.717) is 17.1 Å². The van der Waals surface area contributed by atoms with Gasteiger partial charge < -0.3 is 15.4 Å². The van der Waals surface area contributed by atoms with Gasteiger partial charge >= 0.3 is 6.18 Å². The second-order valence-corrected chi connectivity index (χ2v) is 7.21. The SMILES string of the molecule is COCc1nn2c(c1-c1ccccc1)NC(=O)CC2C(=O)Nc1ccccc1C(F)(F)F. The number of carbonyl (C=O) groups is 2. The number of nitrogens with one attached hydrogen (secondary N) is 2. The highest BCUT2D eigenvalue weighted by Crippen LogP contribution is 2.39. The summed E-state index contributed by atoms with van der Waals surface area (Å²) in [4.78, 5) is 25.4. The van der Waals surface area contributed by atoms with Crippen molar-refractivity contribution in [2.45, 2.75) is 25.2 Å². The van der Waals surface area contributed by atoms with Crippen LogP contribution >= 0.6 is 0 Å². The summed E-state index contributed by atoms with van der Waals surface area (Å²) in [5.41, 5.74) is 0.479. The first-order valence-corrected chi connectivity index (χ1v) is 9.72. The number of methoxy groups -OCH3 is 1. The van der Waals surface area contributed by atoms with Gasteiger partial charge in [0.05, 0.1) is 30.0 Å². The quantitative estimate of drug-likeness (QED) is 0.617. The van der Waals surface area contributed by atoms with Crippen LogP contribution in [0.5, 0.6) is 0 Å². The van der Waals surface area contributed by atoms with E-state index in [1.165, 1.54) is 30.0 Å². The molecule has 0 saturated carbocycles. The Morgan fingerprint density at radius 3 is 2.56 bits per heavy atom. The number of ether oxygens (including phenoxy) is 1. The van der Waals surface area contributed by atoms with E-state index in [1.54, 1.807) is 0 Å². The molecule has 2 amide bonds. The molecule has 1 aromatic heterocycles. The molecule has 7 nitrogen and oxygen atoms in total. The van der Waals surface area contributed by atoms with Gasteiger partial charge in [0.2, 0.25) is 11.8 Å². The molecule has 1 atom stereocenters. The minimum Gasteiger partial charge on any atom is -0.378 e. The third kappa shape index (κ3) is 4.09. The maximum atomic E-state index is 13.3. The number of nitrogens with zero attached hydrogens (tertiary/aromatic N) is 2. The summed E-state index contributed by atoms with van der Waals surface area (Å²) in [6, 6.07) is 12.7. The third-order valence-electron chi connectivity index (χ3n) is 5.05. The average molecular weight is 444 g/mol. The normalized spacial score (nSPS) is 15.8. The molecule has 4 rings (SSSR count). The molecule has 2 N–H and O–H groups in total. The molecule has 10 heteroatoms. The van der Waals surface area contributed by atoms with Crippen molar-refractivity contribution in [3.05, 3.63) is 65.9 Å². The standard InChI is InChI=1S/C22H19F3N4O3/c1-32-12-16-19(13-7-3-2-4-8-13)20-27-18(30)11-17(29(20)28-16)21(31)26-15-10-6-5-9-14(15)22(23,24)25/h2-10,17H,11-12H2,1H3,(H,26,31)(H,27,30). The lowest BCUT2D eigenvalue weighted by Crippen LogP contribution is -2.36. The second kappa shape index (κ2) is 8.46. The number of fused-ring (bicyclic) bond motifs is 1. The Hall–Kier alpha value is -3.66. The topological polar surface area (TPSA) is 85.2 Å². The highest BCUT2D eigenvalue weighted by Gasteiger charge is 2.37. The fraction of sp³-hybridized carbons (Fsp3) is 0.227. The Bertz CT molecular complexity index is 1160. The summed E-state index contributed by atoms with van der Waals surface area (Å²) in [5, 5.41) is 9.51. The number of aromatic nitrogens is 2. The molecule has 3 aromatic rings. The van der Waals surface area contributed by atoms with Gasteiger partial charge in [0.25, 0.3) is 0 Å². The number of para-hydroxylation sites is 1. The van der Waals surface area contributed by atoms with Gasteiger partial charge in [-0.2, -0.15) is 18.3 Å². The molecule has 0 spiro atoms. The number of halogens is 3. The van der Waals surface area contributed by atoms with Gasteiger partial charge in [-0.25, -0.2) is 4.68 Å². The number of carbonyl (C=O) groups excluding carboxylic acids is 2. The molecular weight excluding hydrogens is 425 g/mol. The lowest BCUT2D eigenvalue weighted by atomic mass is 10.0. The van der Waals surface area contributed by atoms with Crippen molar-refractivity contribution in [2.24, 2.45) is 0 Å². The molecular formula is C22H19F3N4O3. The fourth-order valence-corrected chi connectivity index (χ4v) is 3.68. The van der Waals surface area contributed by atoms with Crippen LogP contribution in [0.2, 0.25) is 0 Å². The summed E-state index contributed by atoms with van der Waals surface area (Å²) in [6.07, 6.45) is -4.91. The number of benzene rings is 2. The molecule has 1 unspecified atom stereocenters. The maximum absolute atomic E-state index is 13.3. The van der Waals surface area contributed by atoms with Crippen molar-refractivity contribution < 1.29 is 27.5 Å². The van der Waals surface area contributed by atoms with E-state index in [4.69, 9.17) is 4.74 Å². The highest BCUT2D eigenvalue weighted by molar-refractivity contribution is 6.03. The number of hydrogen-bond donors (Lipinski definition) is 2. The van der Waals surface area contributed by atoms with Crippen LogP contribution in [-0.4, -0.2) is 28.7 Å². The summed E-state index contributed by atoms with van der Waals surface area (Å²) in [6.45, 7) is 0.116. The lowest BCUT2D eigenvalue weighted by Gasteiger charge is -2.25. The largest absolute Gasteiger partial charge is 0.418 e. The number of amides is 2. The third-order valence-corrected chi connectivity index (χ3v) is 5.05. The van der Waals surface area contributed by atoms with E-state index < -0.39 is 29.6 Å². The number of alkyl halides is 3. The van der Waals surface area contributed by atoms with E-state index in [2.05, 4.69) is 15.7 Å². The smallest absolute Gasteiger partial charge is 0.378 e. The zero-order valence-electron chi connectivity index (χ0n) is 16.9. The first-order valence-electron chi connectivity index (χ1n) is 9.72. The molecule has 0 fully saturated rings. The van der Waals surface area contributed by atoms with Crippen molar-refractivity contribution in [1.29, 1.82) is 0 Å².